The number of hydrogen-bond acceptors (Lipinski definition) is 3. The molecule has 24 heavy (non-hydrogen) atoms. The first-order chi connectivity index (χ1) is 10.6. The van der Waals surface area contributed by atoms with Gasteiger partial charge in [0.1, 0.15) is 0 Å². The average molecular weight is 364 g/mol. The highest BCUT2D eigenvalue weighted by atomic mass is 28.4. The molecule has 0 atom stereocenters. The van der Waals surface area contributed by atoms with E-state index in [1.54, 1.807) is 0 Å². The molecule has 0 unspecified atom stereocenters. The normalized spacial score (nSPS) is 13.7. The fraction of sp³-hybridized carbons (Fsp3) is 0.632. The lowest BCUT2D eigenvalue weighted by Gasteiger charge is -2.38. The molecule has 0 amide bonds. The smallest absolute Gasteiger partial charge is 0.218 e. The quantitative estimate of drug-likeness (QED) is 0.759. The first-order valence-corrected chi connectivity index (χ1v) is 14.3. The maximum Gasteiger partial charge on any atom is 0.218 e. The molecule has 0 saturated heterocycles. The minimum atomic E-state index is -2.19. The lowest BCUT2D eigenvalue weighted by atomic mass is 10.2. The van der Waals surface area contributed by atoms with E-state index < -0.39 is 16.6 Å². The molecule has 0 aromatic heterocycles. The molecule has 0 aliphatic heterocycles. The van der Waals surface area contributed by atoms with Gasteiger partial charge in [-0.1, -0.05) is 6.07 Å². The van der Waals surface area contributed by atoms with E-state index in [0.29, 0.717) is 5.56 Å². The van der Waals surface area contributed by atoms with Gasteiger partial charge in [0.15, 0.2) is 0 Å². The van der Waals surface area contributed by atoms with Crippen molar-refractivity contribution in [3.63, 3.8) is 0 Å². The molecule has 0 spiro atoms. The summed E-state index contributed by atoms with van der Waals surface area (Å²) < 4.78 is 12.9. The third-order valence-electron chi connectivity index (χ3n) is 3.57. The van der Waals surface area contributed by atoms with E-state index in [0.717, 1.165) is 0 Å². The van der Waals surface area contributed by atoms with E-state index in [-0.39, 0.29) is 11.2 Å². The maximum atomic E-state index is 9.35. The van der Waals surface area contributed by atoms with E-state index >= 15 is 0 Å². The van der Waals surface area contributed by atoms with Crippen LogP contribution in [0, 0.1) is 11.3 Å². The van der Waals surface area contributed by atoms with E-state index in [4.69, 9.17) is 8.85 Å². The average Bonchev–Trinajstić information content (AvgIpc) is 2.32. The molecular formula is C19H33NO2Si2. The molecule has 0 aliphatic carbocycles. The van der Waals surface area contributed by atoms with Crippen molar-refractivity contribution >= 4 is 27.0 Å². The summed E-state index contributed by atoms with van der Waals surface area (Å²) in [5.41, 5.74) is 0.274. The molecule has 0 N–H and O–H groups in total. The van der Waals surface area contributed by atoms with Crippen LogP contribution in [0.5, 0.6) is 0 Å². The Bertz CT molecular complexity index is 632. The summed E-state index contributed by atoms with van der Waals surface area (Å²) in [6.45, 7) is 21.4. The topological polar surface area (TPSA) is 42.2 Å². The lowest BCUT2D eigenvalue weighted by Crippen LogP contribution is -2.63. The van der Waals surface area contributed by atoms with Crippen molar-refractivity contribution in [3.8, 4) is 6.07 Å². The Morgan fingerprint density at radius 2 is 1.21 bits per heavy atom. The molecule has 3 nitrogen and oxygen atoms in total. The maximum absolute atomic E-state index is 9.35. The zero-order valence-corrected chi connectivity index (χ0v) is 19.0. The fourth-order valence-electron chi connectivity index (χ4n) is 3.28. The number of nitriles is 1. The predicted molar refractivity (Wildman–Crippen MR) is 107 cm³/mol. The molecule has 0 heterocycles. The van der Waals surface area contributed by atoms with Crippen LogP contribution in [0.1, 0.15) is 47.1 Å². The van der Waals surface area contributed by atoms with Gasteiger partial charge in [0.2, 0.25) is 16.6 Å². The highest BCUT2D eigenvalue weighted by Crippen LogP contribution is 2.21. The van der Waals surface area contributed by atoms with Crippen molar-refractivity contribution in [2.75, 3.05) is 0 Å². The Kier molecular flexibility index (Phi) is 5.94. The van der Waals surface area contributed by atoms with Crippen molar-refractivity contribution in [2.24, 2.45) is 0 Å². The number of rotatable bonds is 4. The van der Waals surface area contributed by atoms with Gasteiger partial charge in [0, 0.05) is 11.2 Å². The molecular weight excluding hydrogens is 330 g/mol. The highest BCUT2D eigenvalue weighted by Gasteiger charge is 2.39. The molecule has 5 heteroatoms. The third kappa shape index (κ3) is 5.85. The molecule has 1 rings (SSSR count). The summed E-state index contributed by atoms with van der Waals surface area (Å²) in [6.07, 6.45) is 0. The van der Waals surface area contributed by atoms with Crippen molar-refractivity contribution < 1.29 is 8.85 Å². The summed E-state index contributed by atoms with van der Waals surface area (Å²) in [5, 5.41) is 11.8. The first-order valence-electron chi connectivity index (χ1n) is 8.53. The van der Waals surface area contributed by atoms with Gasteiger partial charge in [0.25, 0.3) is 0 Å². The van der Waals surface area contributed by atoms with E-state index in [9.17, 15) is 5.26 Å². The minimum Gasteiger partial charge on any atom is -0.408 e. The van der Waals surface area contributed by atoms with Crippen LogP contribution in [0.25, 0.3) is 0 Å². The van der Waals surface area contributed by atoms with Gasteiger partial charge in [-0.3, -0.25) is 0 Å². The monoisotopic (exact) mass is 363 g/mol. The number of benzene rings is 1. The molecule has 0 bridgehead atoms. The van der Waals surface area contributed by atoms with Gasteiger partial charge in [-0.15, -0.1) is 0 Å². The zero-order chi connectivity index (χ0) is 19.0. The summed E-state index contributed by atoms with van der Waals surface area (Å²) in [6, 6.07) is 8.29. The van der Waals surface area contributed by atoms with Crippen LogP contribution >= 0.6 is 0 Å². The van der Waals surface area contributed by atoms with Gasteiger partial charge >= 0.3 is 0 Å². The molecule has 0 radical (unpaired) electrons. The fourth-order valence-corrected chi connectivity index (χ4v) is 10.8. The first kappa shape index (κ1) is 21.1. The second-order valence-corrected chi connectivity index (χ2v) is 16.8. The highest BCUT2D eigenvalue weighted by molar-refractivity contribution is 6.94. The van der Waals surface area contributed by atoms with E-state index in [2.05, 4.69) is 79.9 Å². The second kappa shape index (κ2) is 6.76. The Hall–Kier alpha value is -0.936. The molecule has 1 aromatic rings. The Morgan fingerprint density at radius 3 is 1.58 bits per heavy atom. The Balaban J connectivity index is 3.50. The molecule has 1 aromatic carbocycles. The number of hydrogen-bond donors (Lipinski definition) is 0. The third-order valence-corrected chi connectivity index (χ3v) is 9.51. The SMILES string of the molecule is CC(C)(C)O[Si](C)(C)c1ccc(C#N)cc1[Si](C)(C)OC(C)(C)C. The largest absolute Gasteiger partial charge is 0.408 e. The zero-order valence-electron chi connectivity index (χ0n) is 17.0. The van der Waals surface area contributed by atoms with Crippen molar-refractivity contribution in [2.45, 2.75) is 78.9 Å². The minimum absolute atomic E-state index is 0.197. The van der Waals surface area contributed by atoms with Crippen LogP contribution in [0.2, 0.25) is 26.2 Å². The molecule has 0 saturated carbocycles. The summed E-state index contributed by atoms with van der Waals surface area (Å²) in [5.74, 6) is 0. The summed E-state index contributed by atoms with van der Waals surface area (Å²) >= 11 is 0. The van der Waals surface area contributed by atoms with Crippen LogP contribution in [-0.4, -0.2) is 27.8 Å². The van der Waals surface area contributed by atoms with Crippen LogP contribution < -0.4 is 10.4 Å². The van der Waals surface area contributed by atoms with Gasteiger partial charge in [-0.2, -0.15) is 5.26 Å². The Morgan fingerprint density at radius 1 is 0.792 bits per heavy atom. The van der Waals surface area contributed by atoms with E-state index in [1.807, 2.05) is 12.1 Å². The van der Waals surface area contributed by atoms with Crippen LogP contribution in [0.4, 0.5) is 0 Å². The van der Waals surface area contributed by atoms with Crippen LogP contribution in [0.3, 0.4) is 0 Å². The second-order valence-electron chi connectivity index (χ2n) is 9.32. The van der Waals surface area contributed by atoms with Crippen LogP contribution in [-0.2, 0) is 8.85 Å². The van der Waals surface area contributed by atoms with Gasteiger partial charge in [-0.05, 0) is 90.2 Å². The predicted octanol–water partition coefficient (Wildman–Crippen LogP) is 4.01. The van der Waals surface area contributed by atoms with Crippen molar-refractivity contribution in [1.82, 2.24) is 0 Å². The van der Waals surface area contributed by atoms with Gasteiger partial charge in [0.05, 0.1) is 11.6 Å². The molecule has 0 fully saturated rings. The summed E-state index contributed by atoms with van der Waals surface area (Å²) in [7, 11) is -4.32. The van der Waals surface area contributed by atoms with Crippen molar-refractivity contribution in [3.05, 3.63) is 23.8 Å². The molecule has 134 valence electrons. The van der Waals surface area contributed by atoms with Crippen LogP contribution in [0.15, 0.2) is 18.2 Å². The number of nitrogens with zero attached hydrogens (tertiary/aromatic N) is 1. The lowest BCUT2D eigenvalue weighted by molar-refractivity contribution is 0.123. The van der Waals surface area contributed by atoms with Crippen molar-refractivity contribution in [1.29, 1.82) is 5.26 Å². The Labute approximate surface area is 150 Å². The van der Waals surface area contributed by atoms with E-state index in [1.165, 1.54) is 10.4 Å². The molecule has 0 aliphatic rings. The van der Waals surface area contributed by atoms with Gasteiger partial charge in [-0.25, -0.2) is 0 Å². The summed E-state index contributed by atoms with van der Waals surface area (Å²) in [4.78, 5) is 0. The van der Waals surface area contributed by atoms with Gasteiger partial charge < -0.3 is 8.85 Å². The standard InChI is InChI=1S/C19H33NO2Si2/c1-18(2,3)21-23(7,8)16-12-11-15(14-20)13-17(16)24(9,10)22-19(4,5)6/h11-13H,1-10H3.